The number of amides is 1. The molecule has 0 aliphatic rings. The van der Waals surface area contributed by atoms with Gasteiger partial charge in [0.2, 0.25) is 5.91 Å². The summed E-state index contributed by atoms with van der Waals surface area (Å²) in [6.45, 7) is 2.48. The van der Waals surface area contributed by atoms with Gasteiger partial charge in [-0.25, -0.2) is 0 Å². The summed E-state index contributed by atoms with van der Waals surface area (Å²) in [5, 5.41) is 15.2. The van der Waals surface area contributed by atoms with Gasteiger partial charge in [0.05, 0.1) is 18.1 Å². The highest BCUT2D eigenvalue weighted by Crippen LogP contribution is 1.99. The van der Waals surface area contributed by atoms with E-state index in [2.05, 4.69) is 10.4 Å². The van der Waals surface area contributed by atoms with Crippen LogP contribution in [0.4, 0.5) is 0 Å². The summed E-state index contributed by atoms with van der Waals surface area (Å²) < 4.78 is 1.73. The second-order valence-electron chi connectivity index (χ2n) is 3.58. The normalized spacial score (nSPS) is 12.1. The third-order valence-electron chi connectivity index (χ3n) is 1.89. The number of aliphatic carboxylic acids is 1. The number of nitrogens with zero attached hydrogens (tertiary/aromatic N) is 2. The number of thioether (sulfide) groups is 1. The van der Waals surface area contributed by atoms with Gasteiger partial charge in [-0.2, -0.15) is 5.10 Å². The van der Waals surface area contributed by atoms with Crippen LogP contribution in [0.25, 0.3) is 0 Å². The molecule has 0 saturated carbocycles. The summed E-state index contributed by atoms with van der Waals surface area (Å²) in [7, 11) is 0. The number of carboxylic acid groups (broad SMARTS) is 1. The quantitative estimate of drug-likeness (QED) is 0.729. The van der Waals surface area contributed by atoms with Crippen molar-refractivity contribution >= 4 is 23.6 Å². The zero-order chi connectivity index (χ0) is 12.7. The molecule has 0 saturated heterocycles. The topological polar surface area (TPSA) is 84.2 Å². The molecule has 0 bridgehead atoms. The largest absolute Gasteiger partial charge is 0.481 e. The molecule has 1 aromatic heterocycles. The number of hydrogen-bond donors (Lipinski definition) is 2. The van der Waals surface area contributed by atoms with Crippen LogP contribution in [0, 0.1) is 0 Å². The zero-order valence-electron chi connectivity index (χ0n) is 9.50. The van der Waals surface area contributed by atoms with Crippen LogP contribution in [0.3, 0.4) is 0 Å². The van der Waals surface area contributed by atoms with E-state index < -0.39 is 5.97 Å². The van der Waals surface area contributed by atoms with Crippen molar-refractivity contribution < 1.29 is 14.7 Å². The SMILES string of the molecule is CC(Cn1cccn1)NC(=O)CSCC(=O)O. The Labute approximate surface area is 103 Å². The van der Waals surface area contributed by atoms with Crippen LogP contribution in [0.15, 0.2) is 18.5 Å². The van der Waals surface area contributed by atoms with Gasteiger partial charge in [-0.15, -0.1) is 11.8 Å². The summed E-state index contributed by atoms with van der Waals surface area (Å²) in [4.78, 5) is 21.7. The molecule has 1 heterocycles. The number of carboxylic acids is 1. The summed E-state index contributed by atoms with van der Waals surface area (Å²) in [6.07, 6.45) is 3.50. The lowest BCUT2D eigenvalue weighted by Crippen LogP contribution is -2.37. The highest BCUT2D eigenvalue weighted by atomic mass is 32.2. The van der Waals surface area contributed by atoms with Gasteiger partial charge in [-0.3, -0.25) is 14.3 Å². The van der Waals surface area contributed by atoms with Crippen LogP contribution in [0.1, 0.15) is 6.92 Å². The summed E-state index contributed by atoms with van der Waals surface area (Å²) in [5.74, 6) is -0.959. The molecule has 1 atom stereocenters. The van der Waals surface area contributed by atoms with E-state index in [9.17, 15) is 9.59 Å². The van der Waals surface area contributed by atoms with Gasteiger partial charge < -0.3 is 10.4 Å². The number of aromatic nitrogens is 2. The van der Waals surface area contributed by atoms with Crippen molar-refractivity contribution in [2.45, 2.75) is 19.5 Å². The maximum atomic E-state index is 11.4. The Kier molecular flexibility index (Phi) is 5.55. The fourth-order valence-electron chi connectivity index (χ4n) is 1.28. The molecule has 0 radical (unpaired) electrons. The van der Waals surface area contributed by atoms with Crippen molar-refractivity contribution in [3.8, 4) is 0 Å². The summed E-state index contributed by atoms with van der Waals surface area (Å²) in [6, 6.07) is 1.78. The Balaban J connectivity index is 2.19. The van der Waals surface area contributed by atoms with E-state index in [0.29, 0.717) is 6.54 Å². The fraction of sp³-hybridized carbons (Fsp3) is 0.500. The van der Waals surface area contributed by atoms with E-state index in [0.717, 1.165) is 11.8 Å². The maximum absolute atomic E-state index is 11.4. The fourth-order valence-corrected chi connectivity index (χ4v) is 1.83. The summed E-state index contributed by atoms with van der Waals surface area (Å²) in [5.41, 5.74) is 0. The lowest BCUT2D eigenvalue weighted by molar-refractivity contribution is -0.133. The van der Waals surface area contributed by atoms with E-state index in [1.165, 1.54) is 0 Å². The number of nitrogens with one attached hydrogen (secondary N) is 1. The van der Waals surface area contributed by atoms with Gasteiger partial charge in [0.25, 0.3) is 0 Å². The standard InChI is InChI=1S/C10H15N3O3S/c1-8(5-13-4-2-3-11-13)12-9(14)6-17-7-10(15)16/h2-4,8H,5-7H2,1H3,(H,12,14)(H,15,16). The zero-order valence-corrected chi connectivity index (χ0v) is 10.3. The molecule has 1 rings (SSSR count). The lowest BCUT2D eigenvalue weighted by atomic mass is 10.3. The van der Waals surface area contributed by atoms with Gasteiger partial charge in [0, 0.05) is 18.4 Å². The van der Waals surface area contributed by atoms with Gasteiger partial charge >= 0.3 is 5.97 Å². The first-order chi connectivity index (χ1) is 8.08. The predicted octanol–water partition coefficient (Wildman–Crippen LogP) is 0.206. The smallest absolute Gasteiger partial charge is 0.313 e. The average Bonchev–Trinajstić information content (AvgIpc) is 2.69. The van der Waals surface area contributed by atoms with Crippen molar-refractivity contribution in [3.05, 3.63) is 18.5 Å². The first-order valence-electron chi connectivity index (χ1n) is 5.14. The van der Waals surface area contributed by atoms with E-state index in [1.54, 1.807) is 10.9 Å². The highest BCUT2D eigenvalue weighted by molar-refractivity contribution is 8.00. The number of carbonyl (C=O) groups is 2. The van der Waals surface area contributed by atoms with Gasteiger partial charge in [-0.1, -0.05) is 0 Å². The molecule has 1 aromatic rings. The van der Waals surface area contributed by atoms with Crippen LogP contribution >= 0.6 is 11.8 Å². The molecule has 0 spiro atoms. The minimum absolute atomic E-state index is 0.0344. The third kappa shape index (κ3) is 5.96. The van der Waals surface area contributed by atoms with E-state index in [-0.39, 0.29) is 23.5 Å². The molecule has 0 fully saturated rings. The van der Waals surface area contributed by atoms with Crippen LogP contribution in [-0.4, -0.2) is 44.3 Å². The van der Waals surface area contributed by atoms with Crippen LogP contribution in [-0.2, 0) is 16.1 Å². The maximum Gasteiger partial charge on any atom is 0.313 e. The highest BCUT2D eigenvalue weighted by Gasteiger charge is 2.08. The molecular formula is C10H15N3O3S. The molecule has 94 valence electrons. The molecule has 1 amide bonds. The van der Waals surface area contributed by atoms with Gasteiger partial charge in [-0.05, 0) is 13.0 Å². The van der Waals surface area contributed by atoms with E-state index in [1.807, 2.05) is 19.2 Å². The minimum Gasteiger partial charge on any atom is -0.481 e. The number of carbonyl (C=O) groups excluding carboxylic acids is 1. The Morgan fingerprint density at radius 1 is 1.53 bits per heavy atom. The number of hydrogen-bond acceptors (Lipinski definition) is 4. The minimum atomic E-state index is -0.910. The first kappa shape index (κ1) is 13.6. The first-order valence-corrected chi connectivity index (χ1v) is 6.29. The molecule has 0 aliphatic carbocycles. The molecule has 0 aromatic carbocycles. The van der Waals surface area contributed by atoms with Gasteiger partial charge in [0.15, 0.2) is 0 Å². The van der Waals surface area contributed by atoms with Crippen molar-refractivity contribution in [1.29, 1.82) is 0 Å². The predicted molar refractivity (Wildman–Crippen MR) is 64.8 cm³/mol. The van der Waals surface area contributed by atoms with Crippen molar-refractivity contribution in [2.24, 2.45) is 0 Å². The van der Waals surface area contributed by atoms with E-state index in [4.69, 9.17) is 5.11 Å². The van der Waals surface area contributed by atoms with Crippen LogP contribution in [0.5, 0.6) is 0 Å². The van der Waals surface area contributed by atoms with E-state index >= 15 is 0 Å². The molecule has 6 nitrogen and oxygen atoms in total. The average molecular weight is 257 g/mol. The van der Waals surface area contributed by atoms with Crippen LogP contribution in [0.2, 0.25) is 0 Å². The molecule has 7 heteroatoms. The monoisotopic (exact) mass is 257 g/mol. The summed E-state index contributed by atoms with van der Waals surface area (Å²) >= 11 is 1.09. The van der Waals surface area contributed by atoms with Crippen LogP contribution < -0.4 is 5.32 Å². The lowest BCUT2D eigenvalue weighted by Gasteiger charge is -2.13. The molecule has 0 aliphatic heterocycles. The molecule has 1 unspecified atom stereocenters. The second kappa shape index (κ2) is 6.95. The second-order valence-corrected chi connectivity index (χ2v) is 4.57. The van der Waals surface area contributed by atoms with Crippen molar-refractivity contribution in [2.75, 3.05) is 11.5 Å². The van der Waals surface area contributed by atoms with Crippen molar-refractivity contribution in [1.82, 2.24) is 15.1 Å². The molecule has 17 heavy (non-hydrogen) atoms. The Hall–Kier alpha value is -1.50. The number of rotatable bonds is 7. The molecular weight excluding hydrogens is 242 g/mol. The Morgan fingerprint density at radius 3 is 2.88 bits per heavy atom. The third-order valence-corrected chi connectivity index (χ3v) is 2.80. The van der Waals surface area contributed by atoms with Crippen molar-refractivity contribution in [3.63, 3.8) is 0 Å². The molecule has 2 N–H and O–H groups in total. The van der Waals surface area contributed by atoms with Gasteiger partial charge in [0.1, 0.15) is 0 Å². The Morgan fingerprint density at radius 2 is 2.29 bits per heavy atom. The Bertz CT molecular complexity index is 367.